The van der Waals surface area contributed by atoms with E-state index in [-0.39, 0.29) is 5.75 Å². The van der Waals surface area contributed by atoms with Crippen LogP contribution in [0.25, 0.3) is 34.2 Å². The SMILES string of the molecule is Oc1ccc(-c2ccc3c(/C=C/c4ccccc4)n[nH]c3c2)cc1OCc1ccccc1. The molecular weight excluding hydrogens is 396 g/mol. The first-order valence-electron chi connectivity index (χ1n) is 10.5. The molecule has 0 aliphatic rings. The van der Waals surface area contributed by atoms with Gasteiger partial charge >= 0.3 is 0 Å². The van der Waals surface area contributed by atoms with Crippen LogP contribution in [0.15, 0.2) is 97.1 Å². The standard InChI is InChI=1S/C28H22N2O2/c31-27-16-13-23(18-28(27)32-19-21-9-5-2-6-10-21)22-12-14-24-25(29-30-26(24)17-22)15-11-20-7-3-1-4-8-20/h1-18,31H,19H2,(H,29,30)/b15-11+. The summed E-state index contributed by atoms with van der Waals surface area (Å²) in [4.78, 5) is 0. The summed E-state index contributed by atoms with van der Waals surface area (Å²) in [6.45, 7) is 0.397. The molecule has 0 spiro atoms. The van der Waals surface area contributed by atoms with Crippen LogP contribution in [0, 0.1) is 0 Å². The number of hydrogen-bond acceptors (Lipinski definition) is 3. The summed E-state index contributed by atoms with van der Waals surface area (Å²) in [7, 11) is 0. The first-order valence-corrected chi connectivity index (χ1v) is 10.5. The summed E-state index contributed by atoms with van der Waals surface area (Å²) in [6, 6.07) is 31.7. The zero-order chi connectivity index (χ0) is 21.8. The maximum absolute atomic E-state index is 10.2. The highest BCUT2D eigenvalue weighted by molar-refractivity contribution is 5.92. The van der Waals surface area contributed by atoms with Crippen molar-refractivity contribution in [3.8, 4) is 22.6 Å². The van der Waals surface area contributed by atoms with Crippen molar-refractivity contribution in [3.63, 3.8) is 0 Å². The van der Waals surface area contributed by atoms with Crippen molar-refractivity contribution in [2.45, 2.75) is 6.61 Å². The van der Waals surface area contributed by atoms with E-state index in [2.05, 4.69) is 46.6 Å². The number of nitrogens with zero attached hydrogens (tertiary/aromatic N) is 1. The van der Waals surface area contributed by atoms with Crippen LogP contribution in [0.5, 0.6) is 11.5 Å². The molecule has 0 unspecified atom stereocenters. The average molecular weight is 418 g/mol. The highest BCUT2D eigenvalue weighted by atomic mass is 16.5. The van der Waals surface area contributed by atoms with E-state index in [9.17, 15) is 5.11 Å². The number of H-pyrrole nitrogens is 1. The molecule has 0 saturated heterocycles. The number of aromatic nitrogens is 2. The van der Waals surface area contributed by atoms with Crippen LogP contribution in [0.1, 0.15) is 16.8 Å². The Morgan fingerprint density at radius 3 is 2.31 bits per heavy atom. The molecule has 0 radical (unpaired) electrons. The molecular formula is C28H22N2O2. The molecule has 0 aliphatic carbocycles. The summed E-state index contributed by atoms with van der Waals surface area (Å²) in [5, 5.41) is 18.9. The molecule has 0 amide bonds. The van der Waals surface area contributed by atoms with Gasteiger partial charge in [0, 0.05) is 5.39 Å². The fourth-order valence-electron chi connectivity index (χ4n) is 3.63. The lowest BCUT2D eigenvalue weighted by Crippen LogP contribution is -1.95. The van der Waals surface area contributed by atoms with Crippen LogP contribution in [0.4, 0.5) is 0 Å². The molecule has 0 bridgehead atoms. The molecule has 0 fully saturated rings. The summed E-state index contributed by atoms with van der Waals surface area (Å²) in [6.07, 6.45) is 4.07. The van der Waals surface area contributed by atoms with Gasteiger partial charge in [0.2, 0.25) is 0 Å². The average Bonchev–Trinajstić information content (AvgIpc) is 3.26. The Morgan fingerprint density at radius 1 is 0.781 bits per heavy atom. The van der Waals surface area contributed by atoms with Gasteiger partial charge in [-0.05, 0) is 52.6 Å². The molecule has 32 heavy (non-hydrogen) atoms. The summed E-state index contributed by atoms with van der Waals surface area (Å²) in [5.74, 6) is 0.586. The van der Waals surface area contributed by atoms with Gasteiger partial charge in [-0.1, -0.05) is 78.9 Å². The Kier molecular flexibility index (Phi) is 5.41. The lowest BCUT2D eigenvalue weighted by Gasteiger charge is -2.10. The molecule has 5 aromatic rings. The van der Waals surface area contributed by atoms with Crippen molar-refractivity contribution in [3.05, 3.63) is 114 Å². The normalized spacial score (nSPS) is 11.2. The number of aromatic amines is 1. The zero-order valence-corrected chi connectivity index (χ0v) is 17.4. The van der Waals surface area contributed by atoms with Crippen molar-refractivity contribution in [2.24, 2.45) is 0 Å². The molecule has 0 aliphatic heterocycles. The molecule has 4 aromatic carbocycles. The van der Waals surface area contributed by atoms with E-state index >= 15 is 0 Å². The van der Waals surface area contributed by atoms with Crippen LogP contribution in [0.2, 0.25) is 0 Å². The number of phenolic OH excluding ortho intramolecular Hbond substituents is 1. The summed E-state index contributed by atoms with van der Waals surface area (Å²) in [5.41, 5.74) is 6.01. The van der Waals surface area contributed by atoms with Crippen LogP contribution in [0.3, 0.4) is 0 Å². The van der Waals surface area contributed by atoms with E-state index < -0.39 is 0 Å². The van der Waals surface area contributed by atoms with E-state index in [1.165, 1.54) is 0 Å². The molecule has 0 saturated carbocycles. The molecule has 4 heteroatoms. The van der Waals surface area contributed by atoms with E-state index in [1.807, 2.05) is 66.7 Å². The molecule has 4 nitrogen and oxygen atoms in total. The third-order valence-corrected chi connectivity index (χ3v) is 5.36. The van der Waals surface area contributed by atoms with E-state index in [0.29, 0.717) is 12.4 Å². The number of hydrogen-bond donors (Lipinski definition) is 2. The molecule has 1 heterocycles. The smallest absolute Gasteiger partial charge is 0.162 e. The Labute approximate surface area is 186 Å². The fraction of sp³-hybridized carbons (Fsp3) is 0.0357. The second-order valence-corrected chi connectivity index (χ2v) is 7.57. The van der Waals surface area contributed by atoms with Crippen LogP contribution < -0.4 is 4.74 Å². The summed E-state index contributed by atoms with van der Waals surface area (Å²) >= 11 is 0. The van der Waals surface area contributed by atoms with Crippen molar-refractivity contribution in [1.82, 2.24) is 10.2 Å². The summed E-state index contributed by atoms with van der Waals surface area (Å²) < 4.78 is 5.87. The Balaban J connectivity index is 1.39. The quantitative estimate of drug-likeness (QED) is 0.323. The molecule has 2 N–H and O–H groups in total. The third-order valence-electron chi connectivity index (χ3n) is 5.36. The number of ether oxygens (including phenoxy) is 1. The lowest BCUT2D eigenvalue weighted by atomic mass is 10.0. The number of aromatic hydroxyl groups is 1. The number of phenols is 1. The van der Waals surface area contributed by atoms with Crippen molar-refractivity contribution < 1.29 is 9.84 Å². The predicted molar refractivity (Wildman–Crippen MR) is 129 cm³/mol. The van der Waals surface area contributed by atoms with Gasteiger partial charge in [-0.3, -0.25) is 5.10 Å². The number of benzene rings is 4. The van der Waals surface area contributed by atoms with Crippen LogP contribution >= 0.6 is 0 Å². The van der Waals surface area contributed by atoms with Gasteiger partial charge in [0.05, 0.1) is 11.2 Å². The minimum Gasteiger partial charge on any atom is -0.504 e. The zero-order valence-electron chi connectivity index (χ0n) is 17.4. The predicted octanol–water partition coefficient (Wildman–Crippen LogP) is 6.68. The third kappa shape index (κ3) is 4.25. The Hall–Kier alpha value is -4.31. The highest BCUT2D eigenvalue weighted by Crippen LogP contribution is 2.33. The first-order chi connectivity index (χ1) is 15.8. The topological polar surface area (TPSA) is 58.1 Å². The number of fused-ring (bicyclic) bond motifs is 1. The van der Waals surface area contributed by atoms with Gasteiger partial charge in [0.15, 0.2) is 11.5 Å². The number of rotatable bonds is 6. The fourth-order valence-corrected chi connectivity index (χ4v) is 3.63. The van der Waals surface area contributed by atoms with Gasteiger partial charge in [-0.2, -0.15) is 5.10 Å². The molecule has 5 rings (SSSR count). The van der Waals surface area contributed by atoms with Gasteiger partial charge in [-0.15, -0.1) is 0 Å². The minimum atomic E-state index is 0.126. The van der Waals surface area contributed by atoms with E-state index in [1.54, 1.807) is 6.07 Å². The lowest BCUT2D eigenvalue weighted by molar-refractivity contribution is 0.289. The molecule has 156 valence electrons. The van der Waals surface area contributed by atoms with Crippen molar-refractivity contribution >= 4 is 23.1 Å². The Morgan fingerprint density at radius 2 is 1.50 bits per heavy atom. The van der Waals surface area contributed by atoms with Crippen molar-refractivity contribution in [1.29, 1.82) is 0 Å². The second-order valence-electron chi connectivity index (χ2n) is 7.57. The maximum atomic E-state index is 10.2. The monoisotopic (exact) mass is 418 g/mol. The van der Waals surface area contributed by atoms with E-state index in [4.69, 9.17) is 4.74 Å². The molecule has 0 atom stereocenters. The Bertz CT molecular complexity index is 1370. The molecule has 1 aromatic heterocycles. The second kappa shape index (κ2) is 8.82. The maximum Gasteiger partial charge on any atom is 0.162 e. The first kappa shape index (κ1) is 19.6. The van der Waals surface area contributed by atoms with Crippen LogP contribution in [-0.2, 0) is 6.61 Å². The van der Waals surface area contributed by atoms with Gasteiger partial charge in [0.25, 0.3) is 0 Å². The minimum absolute atomic E-state index is 0.126. The largest absolute Gasteiger partial charge is 0.504 e. The van der Waals surface area contributed by atoms with Gasteiger partial charge < -0.3 is 9.84 Å². The van der Waals surface area contributed by atoms with Gasteiger partial charge in [-0.25, -0.2) is 0 Å². The van der Waals surface area contributed by atoms with Crippen molar-refractivity contribution in [2.75, 3.05) is 0 Å². The number of nitrogens with one attached hydrogen (secondary N) is 1. The van der Waals surface area contributed by atoms with E-state index in [0.717, 1.165) is 38.9 Å². The highest BCUT2D eigenvalue weighted by Gasteiger charge is 2.09. The van der Waals surface area contributed by atoms with Crippen LogP contribution in [-0.4, -0.2) is 15.3 Å². The van der Waals surface area contributed by atoms with Gasteiger partial charge in [0.1, 0.15) is 6.61 Å².